The molecule has 0 aromatic heterocycles. The van der Waals surface area contributed by atoms with E-state index in [2.05, 4.69) is 34.1 Å². The van der Waals surface area contributed by atoms with Crippen molar-refractivity contribution in [1.82, 2.24) is 9.80 Å². The van der Waals surface area contributed by atoms with E-state index >= 15 is 0 Å². The van der Waals surface area contributed by atoms with Gasteiger partial charge in [-0.05, 0) is 29.8 Å². The van der Waals surface area contributed by atoms with Gasteiger partial charge in [-0.15, -0.1) is 0 Å². The SMILES string of the molecule is CO[C@@H]1O[C@H]2COc3ccccc3O[C@@H]2[C@H]2[C@@H]1N2C(c1ccccc1)N1[C@H]2[C@H](OC)O[C@H]3COc4ccccc4O[C@@H]3[C@@H]21. The van der Waals surface area contributed by atoms with Crippen molar-refractivity contribution in [3.05, 3.63) is 84.4 Å². The molecule has 0 bridgehead atoms. The van der Waals surface area contributed by atoms with Gasteiger partial charge in [0.05, 0.1) is 30.3 Å². The predicted molar refractivity (Wildman–Crippen MR) is 152 cm³/mol. The largest absolute Gasteiger partial charge is 0.487 e. The Balaban J connectivity index is 1.09. The Labute approximate surface area is 249 Å². The molecule has 4 fully saturated rings. The van der Waals surface area contributed by atoms with Gasteiger partial charge in [0, 0.05) is 14.2 Å². The summed E-state index contributed by atoms with van der Waals surface area (Å²) in [7, 11) is 3.41. The molecule has 6 aliphatic rings. The van der Waals surface area contributed by atoms with Crippen LogP contribution >= 0.6 is 0 Å². The minimum absolute atomic E-state index is 0.0128. The lowest BCUT2D eigenvalue weighted by Gasteiger charge is -2.31. The van der Waals surface area contributed by atoms with Gasteiger partial charge < -0.3 is 37.9 Å². The van der Waals surface area contributed by atoms with Gasteiger partial charge in [-0.2, -0.15) is 0 Å². The fraction of sp³-hybridized carbons (Fsp3) is 0.455. The van der Waals surface area contributed by atoms with Gasteiger partial charge in [-0.1, -0.05) is 54.6 Å². The van der Waals surface area contributed by atoms with Crippen LogP contribution in [-0.2, 0) is 18.9 Å². The van der Waals surface area contributed by atoms with Gasteiger partial charge in [0.15, 0.2) is 35.6 Å². The molecular formula is C33H34N2O8. The highest BCUT2D eigenvalue weighted by molar-refractivity contribution is 5.42. The second-order valence-electron chi connectivity index (χ2n) is 11.9. The average molecular weight is 587 g/mol. The molecule has 6 aliphatic heterocycles. The summed E-state index contributed by atoms with van der Waals surface area (Å²) >= 11 is 0. The average Bonchev–Trinajstić information content (AvgIpc) is 3.96. The number of rotatable bonds is 5. The standard InChI is InChI=1S/C33H34N2O8/c1-36-32-27-25(29-23(42-32)16-38-19-12-6-8-14-21(19)40-29)34(27)31(18-10-4-3-5-11-18)35-26-28(35)33(37-2)43-24-17-39-20-13-7-9-15-22(20)41-30(24)26/h3-15,23-33H,16-17H2,1-2H3/t23-,24-,25+,26+,27-,28+,29-,30-,31?,32+,33+,34?,35?/m0/s1. The topological polar surface area (TPSA) is 79.9 Å². The normalized spacial score (nSPS) is 40.3. The minimum atomic E-state index is -0.426. The van der Waals surface area contributed by atoms with E-state index in [1.807, 2.05) is 54.6 Å². The zero-order valence-corrected chi connectivity index (χ0v) is 23.9. The van der Waals surface area contributed by atoms with Crippen LogP contribution in [0.5, 0.6) is 23.0 Å². The molecule has 3 aromatic carbocycles. The first-order valence-electron chi connectivity index (χ1n) is 15.0. The van der Waals surface area contributed by atoms with Crippen molar-refractivity contribution >= 4 is 0 Å². The molecule has 10 nitrogen and oxygen atoms in total. The summed E-state index contributed by atoms with van der Waals surface area (Å²) in [6, 6.07) is 26.3. The van der Waals surface area contributed by atoms with Crippen LogP contribution in [0.2, 0.25) is 0 Å². The third kappa shape index (κ3) is 4.08. The number of hydrogen-bond acceptors (Lipinski definition) is 10. The highest BCUT2D eigenvalue weighted by Gasteiger charge is 2.73. The second-order valence-corrected chi connectivity index (χ2v) is 11.9. The van der Waals surface area contributed by atoms with Crippen molar-refractivity contribution in [3.63, 3.8) is 0 Å². The summed E-state index contributed by atoms with van der Waals surface area (Å²) in [6.45, 7) is 0.778. The van der Waals surface area contributed by atoms with E-state index in [4.69, 9.17) is 37.9 Å². The van der Waals surface area contributed by atoms with Crippen LogP contribution in [0.25, 0.3) is 0 Å². The fourth-order valence-electron chi connectivity index (χ4n) is 7.70. The van der Waals surface area contributed by atoms with Gasteiger partial charge in [0.2, 0.25) is 0 Å². The Bertz CT molecular complexity index is 1400. The van der Waals surface area contributed by atoms with E-state index in [1.165, 1.54) is 5.56 Å². The molecule has 0 saturated carbocycles. The quantitative estimate of drug-likeness (QED) is 0.416. The zero-order chi connectivity index (χ0) is 28.7. The molecule has 9 rings (SSSR count). The van der Waals surface area contributed by atoms with Crippen LogP contribution in [-0.4, -0.2) is 98.4 Å². The highest BCUT2D eigenvalue weighted by Crippen LogP contribution is 2.57. The van der Waals surface area contributed by atoms with Crippen molar-refractivity contribution < 1.29 is 37.9 Å². The number of para-hydroxylation sites is 4. The number of nitrogens with zero attached hydrogens (tertiary/aromatic N) is 2. The van der Waals surface area contributed by atoms with E-state index in [0.717, 1.165) is 23.0 Å². The third-order valence-corrected chi connectivity index (χ3v) is 9.64. The Kier molecular flexibility index (Phi) is 6.11. The molecule has 0 spiro atoms. The number of fused-ring (bicyclic) bond motifs is 8. The summed E-state index contributed by atoms with van der Waals surface area (Å²) in [5.74, 6) is 2.93. The van der Waals surface area contributed by atoms with Crippen LogP contribution in [0.15, 0.2) is 78.9 Å². The molecule has 0 N–H and O–H groups in total. The van der Waals surface area contributed by atoms with E-state index in [-0.39, 0.29) is 54.7 Å². The summed E-state index contributed by atoms with van der Waals surface area (Å²) in [4.78, 5) is 4.95. The van der Waals surface area contributed by atoms with Crippen molar-refractivity contribution in [3.8, 4) is 23.0 Å². The Morgan fingerprint density at radius 1 is 0.581 bits per heavy atom. The van der Waals surface area contributed by atoms with Gasteiger partial charge in [0.1, 0.15) is 37.6 Å². The monoisotopic (exact) mass is 586 g/mol. The van der Waals surface area contributed by atoms with Crippen LogP contribution < -0.4 is 18.9 Å². The van der Waals surface area contributed by atoms with Crippen LogP contribution in [0.1, 0.15) is 11.7 Å². The predicted octanol–water partition coefficient (Wildman–Crippen LogP) is 3.21. The molecule has 3 aromatic rings. The Morgan fingerprint density at radius 2 is 1.02 bits per heavy atom. The van der Waals surface area contributed by atoms with E-state index in [9.17, 15) is 0 Å². The van der Waals surface area contributed by atoms with Gasteiger partial charge in [-0.3, -0.25) is 9.80 Å². The number of methoxy groups -OCH3 is 2. The number of benzene rings is 3. The Morgan fingerprint density at radius 3 is 1.49 bits per heavy atom. The lowest BCUT2D eigenvalue weighted by Crippen LogP contribution is -2.50. The number of ether oxygens (including phenoxy) is 8. The molecule has 0 aliphatic carbocycles. The molecule has 0 amide bonds. The van der Waals surface area contributed by atoms with Crippen LogP contribution in [0.4, 0.5) is 0 Å². The molecule has 10 heteroatoms. The van der Waals surface area contributed by atoms with Crippen molar-refractivity contribution in [2.24, 2.45) is 0 Å². The lowest BCUT2D eigenvalue weighted by molar-refractivity contribution is -0.198. The van der Waals surface area contributed by atoms with Crippen molar-refractivity contribution in [1.29, 1.82) is 0 Å². The van der Waals surface area contributed by atoms with Crippen LogP contribution in [0.3, 0.4) is 0 Å². The molecule has 43 heavy (non-hydrogen) atoms. The van der Waals surface area contributed by atoms with Gasteiger partial charge in [-0.25, -0.2) is 0 Å². The van der Waals surface area contributed by atoms with E-state index in [0.29, 0.717) is 13.2 Å². The smallest absolute Gasteiger partial charge is 0.175 e. The summed E-state index contributed by atoms with van der Waals surface area (Å²) in [6.07, 6.45) is -1.99. The van der Waals surface area contributed by atoms with Gasteiger partial charge >= 0.3 is 0 Å². The maximum absolute atomic E-state index is 6.67. The van der Waals surface area contributed by atoms with E-state index in [1.54, 1.807) is 14.2 Å². The summed E-state index contributed by atoms with van der Waals surface area (Å²) in [5, 5.41) is 0. The fourth-order valence-corrected chi connectivity index (χ4v) is 7.70. The maximum atomic E-state index is 6.67. The first-order valence-corrected chi connectivity index (χ1v) is 15.0. The lowest BCUT2D eigenvalue weighted by atomic mass is 10.0. The number of hydrogen-bond donors (Lipinski definition) is 0. The van der Waals surface area contributed by atoms with Crippen molar-refractivity contribution in [2.75, 3.05) is 27.4 Å². The highest BCUT2D eigenvalue weighted by atomic mass is 16.7. The molecule has 13 atom stereocenters. The Hall–Kier alpha value is -3.38. The third-order valence-electron chi connectivity index (χ3n) is 9.64. The molecule has 224 valence electrons. The zero-order valence-electron chi connectivity index (χ0n) is 23.9. The summed E-state index contributed by atoms with van der Waals surface area (Å²) < 4.78 is 50.5. The molecule has 3 unspecified atom stereocenters. The molecule has 0 radical (unpaired) electrons. The van der Waals surface area contributed by atoms with E-state index < -0.39 is 12.6 Å². The minimum Gasteiger partial charge on any atom is -0.487 e. The second kappa shape index (κ2) is 10.1. The van der Waals surface area contributed by atoms with Crippen molar-refractivity contribution in [2.45, 2.75) is 67.3 Å². The molecule has 6 heterocycles. The molecular weight excluding hydrogens is 552 g/mol. The first-order chi connectivity index (χ1) is 21.2. The maximum Gasteiger partial charge on any atom is 0.175 e. The summed E-state index contributed by atoms with van der Waals surface area (Å²) in [5.41, 5.74) is 1.17. The van der Waals surface area contributed by atoms with Gasteiger partial charge in [0.25, 0.3) is 0 Å². The van der Waals surface area contributed by atoms with Crippen LogP contribution in [0, 0.1) is 0 Å². The first kappa shape index (κ1) is 26.1. The molecule has 4 saturated heterocycles.